The van der Waals surface area contributed by atoms with Gasteiger partial charge in [-0.25, -0.2) is 8.42 Å². The average Bonchev–Trinajstić information content (AvgIpc) is 3.80. The van der Waals surface area contributed by atoms with Gasteiger partial charge in [0.05, 0.1) is 35.1 Å². The Balaban J connectivity index is 1.60. The largest absolute Gasteiger partial charge is 0.346 e. The van der Waals surface area contributed by atoms with Gasteiger partial charge in [0.2, 0.25) is 11.8 Å². The van der Waals surface area contributed by atoms with Crippen LogP contribution in [0.15, 0.2) is 65.6 Å². The average molecular weight is 761 g/mol. The number of nitrogens with one attached hydrogen (secondary N) is 2. The van der Waals surface area contributed by atoms with E-state index in [2.05, 4.69) is 15.7 Å². The third-order valence-electron chi connectivity index (χ3n) is 10.7. The van der Waals surface area contributed by atoms with Gasteiger partial charge in [-0.05, 0) is 81.8 Å². The van der Waals surface area contributed by atoms with Gasteiger partial charge in [-0.15, -0.1) is 0 Å². The molecule has 294 valence electrons. The predicted octanol–water partition coefficient (Wildman–Crippen LogP) is 6.31. The number of ketones is 2. The van der Waals surface area contributed by atoms with E-state index in [4.69, 9.17) is 0 Å². The number of amides is 2. The van der Waals surface area contributed by atoms with E-state index >= 15 is 0 Å². The molecule has 11 heteroatoms. The molecule has 0 saturated heterocycles. The highest BCUT2D eigenvalue weighted by Gasteiger charge is 2.48. The van der Waals surface area contributed by atoms with Gasteiger partial charge in [0.1, 0.15) is 4.90 Å². The van der Waals surface area contributed by atoms with E-state index in [1.165, 1.54) is 4.68 Å². The minimum Gasteiger partial charge on any atom is -0.346 e. The first-order valence-electron chi connectivity index (χ1n) is 19.4. The molecule has 2 N–H and O–H groups in total. The summed E-state index contributed by atoms with van der Waals surface area (Å²) in [6.07, 6.45) is 3.26. The summed E-state index contributed by atoms with van der Waals surface area (Å²) < 4.78 is 29.3. The Bertz CT molecular complexity index is 1870. The minimum absolute atomic E-state index is 0.0140. The molecule has 1 saturated carbocycles. The molecule has 54 heavy (non-hydrogen) atoms. The van der Waals surface area contributed by atoms with Crippen LogP contribution < -0.4 is 10.6 Å². The summed E-state index contributed by atoms with van der Waals surface area (Å²) in [5.41, 5.74) is 2.28. The first-order valence-corrected chi connectivity index (χ1v) is 21.0. The van der Waals surface area contributed by atoms with E-state index < -0.39 is 50.8 Å². The first-order chi connectivity index (χ1) is 25.4. The molecule has 1 aliphatic rings. The first kappa shape index (κ1) is 42.6. The number of carbonyl (C=O) groups excluding carboxylic acids is 4. The lowest BCUT2D eigenvalue weighted by Gasteiger charge is -2.27. The molecule has 2 amide bonds. The zero-order valence-electron chi connectivity index (χ0n) is 33.4. The number of hydrogen-bond donors (Lipinski definition) is 2. The highest BCUT2D eigenvalue weighted by molar-refractivity contribution is 7.91. The second-order valence-corrected chi connectivity index (χ2v) is 18.5. The zero-order valence-corrected chi connectivity index (χ0v) is 34.2. The summed E-state index contributed by atoms with van der Waals surface area (Å²) in [7, 11) is -2.25. The fraction of sp³-hybridized carbons (Fsp3) is 0.558. The third-order valence-corrected chi connectivity index (χ3v) is 12.7. The minimum atomic E-state index is -3.94. The fourth-order valence-electron chi connectivity index (χ4n) is 7.25. The molecular formula is C43H60N4O6S. The molecule has 10 nitrogen and oxygen atoms in total. The van der Waals surface area contributed by atoms with E-state index in [-0.39, 0.29) is 53.5 Å². The molecule has 2 aromatic carbocycles. The Morgan fingerprint density at radius 2 is 1.31 bits per heavy atom. The number of Topliss-reactive ketones (excluding diaryl/α,β-unsaturated/α-hetero) is 2. The standard InChI is InChI=1S/C43H60N4O6S/c1-28(2)23-36(44-41(50)34(20-19-32-15-11-9-12-16-32)27-54(52,53)39-30(5)46-47(8)31(39)6)38(48)26-35(25-33-17-13-10-14-18-33)42(51)45-37(24-29(3)4)40(49)43(7)21-22-43/h9-18,28-29,34-37H,19-27H2,1-8H3,(H,44,50)(H,45,51)/t34-,35-,36?,37+/m1/s1. The summed E-state index contributed by atoms with van der Waals surface area (Å²) in [5.74, 6) is -3.14. The highest BCUT2D eigenvalue weighted by Crippen LogP contribution is 2.47. The summed E-state index contributed by atoms with van der Waals surface area (Å²) in [5, 5.41) is 10.3. The molecule has 1 unspecified atom stereocenters. The second kappa shape index (κ2) is 18.5. The number of nitrogens with zero attached hydrogens (tertiary/aromatic N) is 2. The number of aryl methyl sites for hydroxylation is 3. The van der Waals surface area contributed by atoms with Crippen molar-refractivity contribution in [2.45, 2.75) is 117 Å². The van der Waals surface area contributed by atoms with Gasteiger partial charge >= 0.3 is 0 Å². The molecule has 4 atom stereocenters. The fourth-order valence-corrected chi connectivity index (χ4v) is 9.34. The molecule has 1 fully saturated rings. The van der Waals surface area contributed by atoms with Crippen LogP contribution in [0.4, 0.5) is 0 Å². The number of benzene rings is 2. The molecule has 0 bridgehead atoms. The van der Waals surface area contributed by atoms with Gasteiger partial charge in [-0.2, -0.15) is 5.10 Å². The van der Waals surface area contributed by atoms with Crippen molar-refractivity contribution in [3.05, 3.63) is 83.2 Å². The third kappa shape index (κ3) is 11.7. The molecule has 1 aliphatic carbocycles. The maximum atomic E-state index is 14.3. The van der Waals surface area contributed by atoms with Crippen molar-refractivity contribution in [1.29, 1.82) is 0 Å². The normalized spacial score (nSPS) is 16.0. The smallest absolute Gasteiger partial charge is 0.224 e. The summed E-state index contributed by atoms with van der Waals surface area (Å²) in [6, 6.07) is 17.4. The van der Waals surface area contributed by atoms with Crippen molar-refractivity contribution in [2.75, 3.05) is 5.75 Å². The second-order valence-electron chi connectivity index (χ2n) is 16.5. The van der Waals surface area contributed by atoms with E-state index in [9.17, 15) is 27.6 Å². The van der Waals surface area contributed by atoms with Crippen molar-refractivity contribution in [1.82, 2.24) is 20.4 Å². The lowest BCUT2D eigenvalue weighted by molar-refractivity contribution is -0.135. The molecule has 3 aromatic rings. The van der Waals surface area contributed by atoms with Crippen molar-refractivity contribution >= 4 is 33.2 Å². The Labute approximate surface area is 322 Å². The molecule has 0 radical (unpaired) electrons. The predicted molar refractivity (Wildman–Crippen MR) is 211 cm³/mol. The Morgan fingerprint density at radius 3 is 1.83 bits per heavy atom. The highest BCUT2D eigenvalue weighted by atomic mass is 32.2. The van der Waals surface area contributed by atoms with Crippen molar-refractivity contribution in [3.63, 3.8) is 0 Å². The molecule has 4 rings (SSSR count). The summed E-state index contributed by atoms with van der Waals surface area (Å²) in [6.45, 7) is 13.2. The zero-order chi connectivity index (χ0) is 39.8. The monoisotopic (exact) mass is 760 g/mol. The van der Waals surface area contributed by atoms with Gasteiger partial charge < -0.3 is 10.6 Å². The Hall–Kier alpha value is -4.12. The molecule has 1 heterocycles. The van der Waals surface area contributed by atoms with Crippen molar-refractivity contribution in [3.8, 4) is 0 Å². The topological polar surface area (TPSA) is 144 Å². The van der Waals surface area contributed by atoms with Crippen LogP contribution in [0, 0.1) is 42.9 Å². The maximum Gasteiger partial charge on any atom is 0.224 e. The van der Waals surface area contributed by atoms with E-state index in [0.29, 0.717) is 30.7 Å². The Morgan fingerprint density at radius 1 is 0.796 bits per heavy atom. The van der Waals surface area contributed by atoms with E-state index in [0.717, 1.165) is 24.0 Å². The van der Waals surface area contributed by atoms with Gasteiger partial charge in [0.15, 0.2) is 21.4 Å². The van der Waals surface area contributed by atoms with Gasteiger partial charge in [-0.1, -0.05) is 95.3 Å². The molecule has 0 spiro atoms. The summed E-state index contributed by atoms with van der Waals surface area (Å²) >= 11 is 0. The number of aromatic nitrogens is 2. The van der Waals surface area contributed by atoms with Crippen LogP contribution in [0.5, 0.6) is 0 Å². The van der Waals surface area contributed by atoms with Crippen LogP contribution in [0.2, 0.25) is 0 Å². The van der Waals surface area contributed by atoms with Crippen LogP contribution in [0.3, 0.4) is 0 Å². The Kier molecular flexibility index (Phi) is 14.6. The maximum absolute atomic E-state index is 14.3. The van der Waals surface area contributed by atoms with Gasteiger partial charge in [-0.3, -0.25) is 23.9 Å². The quantitative estimate of drug-likeness (QED) is 0.130. The van der Waals surface area contributed by atoms with E-state index in [1.54, 1.807) is 20.9 Å². The van der Waals surface area contributed by atoms with Crippen LogP contribution in [0.1, 0.15) is 95.7 Å². The molecule has 1 aromatic heterocycles. The number of rotatable bonds is 21. The lowest BCUT2D eigenvalue weighted by atomic mass is 9.87. The van der Waals surface area contributed by atoms with E-state index in [1.807, 2.05) is 95.3 Å². The van der Waals surface area contributed by atoms with Crippen molar-refractivity contribution < 1.29 is 27.6 Å². The lowest BCUT2D eigenvalue weighted by Crippen LogP contribution is -2.49. The number of carbonyl (C=O) groups is 4. The summed E-state index contributed by atoms with van der Waals surface area (Å²) in [4.78, 5) is 56.2. The van der Waals surface area contributed by atoms with Gasteiger partial charge in [0, 0.05) is 24.8 Å². The van der Waals surface area contributed by atoms with Crippen molar-refractivity contribution in [2.24, 2.45) is 36.1 Å². The number of hydrogen-bond acceptors (Lipinski definition) is 7. The molecular weight excluding hydrogens is 701 g/mol. The van der Waals surface area contributed by atoms with Crippen LogP contribution in [-0.2, 0) is 48.9 Å². The molecule has 0 aliphatic heterocycles. The van der Waals surface area contributed by atoms with Crippen LogP contribution in [-0.4, -0.2) is 59.4 Å². The van der Waals surface area contributed by atoms with Crippen LogP contribution >= 0.6 is 0 Å². The van der Waals surface area contributed by atoms with Gasteiger partial charge in [0.25, 0.3) is 0 Å². The SMILES string of the molecule is Cc1nn(C)c(C)c1S(=O)(=O)C[C@@H](CCc1ccccc1)C(=O)NC(CC(C)C)C(=O)C[C@@H](Cc1ccccc1)C(=O)N[C@@H](CC(C)C)C(=O)C1(C)CC1. The van der Waals surface area contributed by atoms with Crippen LogP contribution in [0.25, 0.3) is 0 Å². The number of sulfone groups is 1.